The number of ether oxygens (including phenoxy) is 1. The first-order chi connectivity index (χ1) is 19.8. The van der Waals surface area contributed by atoms with Crippen molar-refractivity contribution in [1.29, 1.82) is 0 Å². The second kappa shape index (κ2) is 12.6. The molecule has 0 saturated heterocycles. The van der Waals surface area contributed by atoms with Crippen LogP contribution in [0, 0.1) is 5.92 Å². The van der Waals surface area contributed by atoms with Crippen LogP contribution in [-0.2, 0) is 4.74 Å². The Hall–Kier alpha value is -3.51. The average molecular weight is 555 g/mol. The lowest BCUT2D eigenvalue weighted by Crippen LogP contribution is -2.47. The van der Waals surface area contributed by atoms with Gasteiger partial charge >= 0.3 is 5.97 Å². The fourth-order valence-electron chi connectivity index (χ4n) is 6.32. The predicted molar refractivity (Wildman–Crippen MR) is 162 cm³/mol. The Bertz CT molecular complexity index is 1380. The number of anilines is 1. The van der Waals surface area contributed by atoms with Crippen LogP contribution in [0.5, 0.6) is 0 Å². The number of fused-ring (bicyclic) bond motifs is 2. The highest BCUT2D eigenvalue weighted by atomic mass is 16.5. The molecule has 41 heavy (non-hydrogen) atoms. The lowest BCUT2D eigenvalue weighted by Gasteiger charge is -2.33. The molecule has 6 nitrogen and oxygen atoms in total. The summed E-state index contributed by atoms with van der Waals surface area (Å²) < 4.78 is 6.03. The van der Waals surface area contributed by atoms with Crippen molar-refractivity contribution in [1.82, 2.24) is 0 Å². The van der Waals surface area contributed by atoms with Crippen molar-refractivity contribution >= 4 is 23.2 Å². The first-order valence-corrected chi connectivity index (χ1v) is 15.3. The summed E-state index contributed by atoms with van der Waals surface area (Å²) in [5, 5.41) is 3.33. The molecule has 2 aromatic rings. The molecule has 2 aromatic carbocycles. The van der Waals surface area contributed by atoms with Gasteiger partial charge < -0.3 is 15.8 Å². The van der Waals surface area contributed by atoms with E-state index in [-0.39, 0.29) is 40.0 Å². The van der Waals surface area contributed by atoms with E-state index in [1.54, 1.807) is 36.4 Å². The van der Waals surface area contributed by atoms with E-state index in [1.807, 2.05) is 12.2 Å². The molecule has 0 bridgehead atoms. The zero-order chi connectivity index (χ0) is 29.0. The molecule has 0 heterocycles. The van der Waals surface area contributed by atoms with Crippen LogP contribution in [-0.4, -0.2) is 29.3 Å². The van der Waals surface area contributed by atoms with Gasteiger partial charge in [0.15, 0.2) is 11.6 Å². The number of benzene rings is 2. The first-order valence-electron chi connectivity index (χ1n) is 15.3. The highest BCUT2D eigenvalue weighted by molar-refractivity contribution is 6.31. The van der Waals surface area contributed by atoms with E-state index < -0.39 is 11.6 Å². The predicted octanol–water partition coefficient (Wildman–Crippen LogP) is 7.51. The van der Waals surface area contributed by atoms with Crippen LogP contribution < -0.4 is 11.1 Å². The second-order valence-corrected chi connectivity index (χ2v) is 11.9. The van der Waals surface area contributed by atoms with E-state index in [0.717, 1.165) is 44.9 Å². The van der Waals surface area contributed by atoms with Crippen LogP contribution in [0.15, 0.2) is 60.2 Å². The van der Waals surface area contributed by atoms with Gasteiger partial charge in [-0.2, -0.15) is 0 Å². The number of hydrogen-bond acceptors (Lipinski definition) is 6. The maximum atomic E-state index is 13.9. The molecule has 5 rings (SSSR count). The minimum absolute atomic E-state index is 0.159. The topological polar surface area (TPSA) is 98.5 Å². The summed E-state index contributed by atoms with van der Waals surface area (Å²) >= 11 is 0. The van der Waals surface area contributed by atoms with E-state index in [9.17, 15) is 14.4 Å². The summed E-state index contributed by atoms with van der Waals surface area (Å²) in [6.07, 6.45) is 17.0. The molecule has 0 spiro atoms. The summed E-state index contributed by atoms with van der Waals surface area (Å²) in [7, 11) is 0. The summed E-state index contributed by atoms with van der Waals surface area (Å²) in [4.78, 5) is 41.0. The van der Waals surface area contributed by atoms with E-state index in [0.29, 0.717) is 23.5 Å². The Morgan fingerprint density at radius 2 is 1.66 bits per heavy atom. The molecule has 3 aliphatic carbocycles. The second-order valence-electron chi connectivity index (χ2n) is 11.9. The van der Waals surface area contributed by atoms with Crippen molar-refractivity contribution in [2.24, 2.45) is 11.7 Å². The molecule has 0 aromatic heterocycles. The van der Waals surface area contributed by atoms with Crippen molar-refractivity contribution in [3.05, 3.63) is 88.0 Å². The Morgan fingerprint density at radius 3 is 2.32 bits per heavy atom. The van der Waals surface area contributed by atoms with Crippen LogP contribution >= 0.6 is 0 Å². The molecule has 1 saturated carbocycles. The molecule has 0 radical (unpaired) electrons. The molecule has 1 unspecified atom stereocenters. The summed E-state index contributed by atoms with van der Waals surface area (Å²) in [5.74, 6) is -0.337. The Labute approximate surface area is 243 Å². The zero-order valence-corrected chi connectivity index (χ0v) is 24.3. The van der Waals surface area contributed by atoms with Gasteiger partial charge in [-0.15, -0.1) is 0 Å². The van der Waals surface area contributed by atoms with E-state index in [1.165, 1.54) is 24.8 Å². The van der Waals surface area contributed by atoms with Crippen LogP contribution in [0.25, 0.3) is 0 Å². The van der Waals surface area contributed by atoms with Gasteiger partial charge in [-0.3, -0.25) is 9.59 Å². The van der Waals surface area contributed by atoms with Gasteiger partial charge in [-0.05, 0) is 62.7 Å². The molecule has 216 valence electrons. The standard InChI is InChI=1S/C35H42N2O4/c1-3-5-9-23-13-15-25(16-14-23)41-34(40)29-18-17-28-30(33(39)27-12-8-7-11-26(27)32(28)38)31(29)37-35(36)21-19-24(20-22-35)10-6-4-2/h7-8,11-12,17-21,23,25,37H,3-6,9-10,13-16,22,36H2,1-2H3. The number of unbranched alkanes of at least 4 members (excludes halogenated alkanes) is 2. The third-order valence-corrected chi connectivity index (χ3v) is 8.82. The number of esters is 1. The fourth-order valence-corrected chi connectivity index (χ4v) is 6.32. The Balaban J connectivity index is 1.45. The molecular formula is C35H42N2O4. The number of rotatable bonds is 10. The lowest BCUT2D eigenvalue weighted by molar-refractivity contribution is 0.0162. The molecule has 1 fully saturated rings. The van der Waals surface area contributed by atoms with E-state index in [4.69, 9.17) is 10.5 Å². The van der Waals surface area contributed by atoms with Crippen molar-refractivity contribution in [3.63, 3.8) is 0 Å². The summed E-state index contributed by atoms with van der Waals surface area (Å²) in [6, 6.07) is 10.0. The number of carbonyl (C=O) groups excluding carboxylic acids is 3. The van der Waals surface area contributed by atoms with Gasteiger partial charge in [0.1, 0.15) is 11.8 Å². The van der Waals surface area contributed by atoms with Gasteiger partial charge in [0.25, 0.3) is 0 Å². The van der Waals surface area contributed by atoms with Crippen molar-refractivity contribution in [2.75, 3.05) is 5.32 Å². The van der Waals surface area contributed by atoms with E-state index in [2.05, 4.69) is 25.2 Å². The lowest BCUT2D eigenvalue weighted by atomic mass is 9.81. The summed E-state index contributed by atoms with van der Waals surface area (Å²) in [6.45, 7) is 4.38. The number of nitrogens with one attached hydrogen (secondary N) is 1. The monoisotopic (exact) mass is 554 g/mol. The SMILES string of the molecule is CCCCC1=CCC(N)(Nc2c(C(=O)OC3CCC(CCCC)CC3)ccc3c2C(=O)c2ccccc2C3=O)C=C1. The van der Waals surface area contributed by atoms with Crippen molar-refractivity contribution in [3.8, 4) is 0 Å². The number of hydrogen-bond donors (Lipinski definition) is 2. The van der Waals surface area contributed by atoms with Crippen molar-refractivity contribution in [2.45, 2.75) is 96.2 Å². The third-order valence-electron chi connectivity index (χ3n) is 8.82. The Morgan fingerprint density at radius 1 is 0.951 bits per heavy atom. The largest absolute Gasteiger partial charge is 0.459 e. The van der Waals surface area contributed by atoms with Crippen LogP contribution in [0.4, 0.5) is 5.69 Å². The number of allylic oxidation sites excluding steroid dienone is 2. The average Bonchev–Trinajstić information content (AvgIpc) is 2.99. The minimum Gasteiger partial charge on any atom is -0.459 e. The van der Waals surface area contributed by atoms with Gasteiger partial charge in [-0.1, -0.05) is 81.5 Å². The van der Waals surface area contributed by atoms with Crippen LogP contribution in [0.2, 0.25) is 0 Å². The van der Waals surface area contributed by atoms with Gasteiger partial charge in [-0.25, -0.2) is 4.79 Å². The molecule has 3 N–H and O–H groups in total. The molecule has 3 aliphatic rings. The molecule has 0 amide bonds. The van der Waals surface area contributed by atoms with Gasteiger partial charge in [0, 0.05) is 23.1 Å². The normalized spacial score (nSPS) is 23.4. The first kappa shape index (κ1) is 29.0. The minimum atomic E-state index is -1.03. The molecular weight excluding hydrogens is 512 g/mol. The van der Waals surface area contributed by atoms with Gasteiger partial charge in [0.2, 0.25) is 0 Å². The van der Waals surface area contributed by atoms with E-state index >= 15 is 0 Å². The highest BCUT2D eigenvalue weighted by Gasteiger charge is 2.37. The number of ketones is 2. The number of carbonyl (C=O) groups is 3. The van der Waals surface area contributed by atoms with Gasteiger partial charge in [0.05, 0.1) is 16.8 Å². The quantitative estimate of drug-likeness (QED) is 0.199. The van der Waals surface area contributed by atoms with Crippen LogP contribution in [0.3, 0.4) is 0 Å². The smallest absolute Gasteiger partial charge is 0.340 e. The molecule has 0 aliphatic heterocycles. The maximum Gasteiger partial charge on any atom is 0.340 e. The Kier molecular flexibility index (Phi) is 8.88. The number of nitrogens with two attached hydrogens (primary N) is 1. The van der Waals surface area contributed by atoms with Crippen molar-refractivity contribution < 1.29 is 19.1 Å². The third kappa shape index (κ3) is 6.23. The fraction of sp³-hybridized carbons (Fsp3) is 0.457. The zero-order valence-electron chi connectivity index (χ0n) is 24.3. The maximum absolute atomic E-state index is 13.9. The highest BCUT2D eigenvalue weighted by Crippen LogP contribution is 2.38. The molecule has 1 atom stereocenters. The summed E-state index contributed by atoms with van der Waals surface area (Å²) in [5.41, 5.74) is 8.66. The van der Waals surface area contributed by atoms with Crippen LogP contribution in [0.1, 0.15) is 127 Å². The molecule has 6 heteroatoms.